The number of alkyl carbamates (subject to hydrolysis) is 1. The predicted octanol–water partition coefficient (Wildman–Crippen LogP) is 1.34. The van der Waals surface area contributed by atoms with E-state index in [4.69, 9.17) is 14.2 Å². The first kappa shape index (κ1) is 33.9. The number of aromatic hydroxyl groups is 1. The Balaban J connectivity index is 2.28. The zero-order valence-electron chi connectivity index (χ0n) is 24.9. The maximum atomic E-state index is 13.5. The van der Waals surface area contributed by atoms with E-state index in [1.807, 2.05) is 0 Å². The average Bonchev–Trinajstić information content (AvgIpc) is 2.96. The highest BCUT2D eigenvalue weighted by Gasteiger charge is 2.37. The van der Waals surface area contributed by atoms with E-state index in [9.17, 15) is 44.8 Å². The number of benzene rings is 2. The molecular formula is C28H32N6O11. The van der Waals surface area contributed by atoms with Crippen molar-refractivity contribution in [1.82, 2.24) is 21.3 Å². The van der Waals surface area contributed by atoms with Crippen molar-refractivity contribution in [1.29, 1.82) is 5.26 Å². The summed E-state index contributed by atoms with van der Waals surface area (Å²) in [4.78, 5) is 63.7. The molecule has 240 valence electrons. The lowest BCUT2D eigenvalue weighted by molar-refractivity contribution is -0.385. The fourth-order valence-electron chi connectivity index (χ4n) is 4.29. The van der Waals surface area contributed by atoms with Crippen LogP contribution in [0.3, 0.4) is 0 Å². The number of phenols is 1. The highest BCUT2D eigenvalue weighted by atomic mass is 16.6. The first-order valence-electron chi connectivity index (χ1n) is 13.3. The van der Waals surface area contributed by atoms with Crippen molar-refractivity contribution in [3.63, 3.8) is 0 Å². The standard InChI is InChI=1S/C28H32N6O11/c1-28(2,3)45-27(40)33-21-22(36)13-6-7-18(16(10-13)34(41)42)44-19-12-14(11-17(35)23(19)43-5)20(25(38)30-4)32-24(37)15(8-9-29)31-26(21)39/h6-7,10-12,15,20-22,35-36H,8H2,1-5H3,(H,30,38)(H,31,39)(H,32,37)(H,33,40)/t15-,20-,21+,22+/m1/s1. The average molecular weight is 629 g/mol. The molecule has 4 atom stereocenters. The molecule has 0 spiro atoms. The van der Waals surface area contributed by atoms with Crippen LogP contribution in [0, 0.1) is 21.4 Å². The van der Waals surface area contributed by atoms with E-state index in [1.165, 1.54) is 26.3 Å². The third kappa shape index (κ3) is 8.06. The number of fused-ring (bicyclic) bond motifs is 9. The van der Waals surface area contributed by atoms with Crippen molar-refractivity contribution < 1.29 is 48.5 Å². The molecular weight excluding hydrogens is 596 g/mol. The molecule has 6 N–H and O–H groups in total. The molecule has 2 aromatic carbocycles. The number of rotatable bonds is 5. The van der Waals surface area contributed by atoms with E-state index in [2.05, 4.69) is 21.3 Å². The number of amides is 4. The Morgan fingerprint density at radius 1 is 1.13 bits per heavy atom. The van der Waals surface area contributed by atoms with Gasteiger partial charge in [0.25, 0.3) is 0 Å². The highest BCUT2D eigenvalue weighted by molar-refractivity contribution is 5.94. The van der Waals surface area contributed by atoms with E-state index in [0.717, 1.165) is 18.2 Å². The number of aliphatic hydroxyl groups is 1. The molecule has 4 bridgehead atoms. The summed E-state index contributed by atoms with van der Waals surface area (Å²) < 4.78 is 16.1. The largest absolute Gasteiger partial charge is 0.504 e. The SMILES string of the molecule is CNC(=O)[C@@H]1NC(=O)[C@@H](CC#N)NC(=O)[C@@H](NC(=O)OC(C)(C)C)[C@@H](O)c2ccc(c([N+](=O)[O-])c2)Oc2cc1cc(O)c2OC. The van der Waals surface area contributed by atoms with Crippen LogP contribution in [0.1, 0.15) is 50.5 Å². The molecule has 0 fully saturated rings. The van der Waals surface area contributed by atoms with Gasteiger partial charge < -0.3 is 45.7 Å². The molecule has 2 aliphatic rings. The monoisotopic (exact) mass is 628 g/mol. The number of nitrogens with one attached hydrogen (secondary N) is 4. The lowest BCUT2D eigenvalue weighted by Gasteiger charge is -2.28. The van der Waals surface area contributed by atoms with Crippen molar-refractivity contribution >= 4 is 29.5 Å². The number of carbonyl (C=O) groups is 4. The van der Waals surface area contributed by atoms with E-state index in [0.29, 0.717) is 0 Å². The van der Waals surface area contributed by atoms with Gasteiger partial charge in [0.15, 0.2) is 11.5 Å². The number of nitrogens with zero attached hydrogens (tertiary/aromatic N) is 2. The van der Waals surface area contributed by atoms with Gasteiger partial charge in [0.2, 0.25) is 29.2 Å². The van der Waals surface area contributed by atoms with Crippen LogP contribution in [-0.4, -0.2) is 70.8 Å². The van der Waals surface area contributed by atoms with Gasteiger partial charge in [-0.2, -0.15) is 5.26 Å². The summed E-state index contributed by atoms with van der Waals surface area (Å²) in [5.41, 5.74) is -2.00. The zero-order chi connectivity index (χ0) is 33.6. The molecule has 0 saturated heterocycles. The van der Waals surface area contributed by atoms with Gasteiger partial charge in [-0.05, 0) is 50.1 Å². The van der Waals surface area contributed by atoms with Crippen LogP contribution in [0.2, 0.25) is 0 Å². The van der Waals surface area contributed by atoms with Gasteiger partial charge in [0.05, 0.1) is 24.5 Å². The van der Waals surface area contributed by atoms with Crippen LogP contribution in [0.15, 0.2) is 30.3 Å². The molecule has 17 heteroatoms. The third-order valence-corrected chi connectivity index (χ3v) is 6.33. The Morgan fingerprint density at radius 3 is 2.40 bits per heavy atom. The normalized spacial score (nSPS) is 20.0. The van der Waals surface area contributed by atoms with Crippen molar-refractivity contribution in [3.05, 3.63) is 51.6 Å². The number of phenolic OH excluding ortho intramolecular Hbond substituents is 1. The number of nitro groups is 1. The van der Waals surface area contributed by atoms with Crippen molar-refractivity contribution in [2.45, 2.75) is 57.0 Å². The molecule has 0 aromatic heterocycles. The molecule has 0 saturated carbocycles. The van der Waals surface area contributed by atoms with Crippen LogP contribution in [0.5, 0.6) is 23.0 Å². The minimum atomic E-state index is -1.95. The van der Waals surface area contributed by atoms with Crippen LogP contribution in [0.4, 0.5) is 10.5 Å². The Bertz CT molecular complexity index is 1550. The van der Waals surface area contributed by atoms with Gasteiger partial charge >= 0.3 is 11.8 Å². The number of nitriles is 1. The van der Waals surface area contributed by atoms with Gasteiger partial charge in [-0.3, -0.25) is 24.5 Å². The molecule has 45 heavy (non-hydrogen) atoms. The van der Waals surface area contributed by atoms with E-state index in [1.54, 1.807) is 26.8 Å². The third-order valence-electron chi connectivity index (χ3n) is 6.33. The zero-order valence-corrected chi connectivity index (χ0v) is 24.9. The summed E-state index contributed by atoms with van der Waals surface area (Å²) in [7, 11) is 2.45. The summed E-state index contributed by atoms with van der Waals surface area (Å²) in [6, 6.07) is 2.12. The fraction of sp³-hybridized carbons (Fsp3) is 0.393. The molecule has 2 aliphatic heterocycles. The Morgan fingerprint density at radius 2 is 1.82 bits per heavy atom. The smallest absolute Gasteiger partial charge is 0.408 e. The molecule has 2 heterocycles. The summed E-state index contributed by atoms with van der Waals surface area (Å²) >= 11 is 0. The second kappa shape index (κ2) is 13.8. The first-order chi connectivity index (χ1) is 21.1. The summed E-state index contributed by atoms with van der Waals surface area (Å²) in [6.07, 6.45) is -3.71. The van der Waals surface area contributed by atoms with Crippen LogP contribution < -0.4 is 30.7 Å². The number of hydrogen-bond acceptors (Lipinski definition) is 12. The summed E-state index contributed by atoms with van der Waals surface area (Å²) in [6.45, 7) is 4.64. The topological polar surface area (TPSA) is 251 Å². The molecule has 4 amide bonds. The number of methoxy groups -OCH3 is 1. The highest BCUT2D eigenvalue weighted by Crippen LogP contribution is 2.44. The Hall–Kier alpha value is -5.63. The summed E-state index contributed by atoms with van der Waals surface area (Å²) in [5, 5.41) is 52.6. The van der Waals surface area contributed by atoms with Crippen molar-refractivity contribution in [2.75, 3.05) is 14.2 Å². The maximum absolute atomic E-state index is 13.5. The second-order valence-electron chi connectivity index (χ2n) is 10.7. The lowest BCUT2D eigenvalue weighted by Crippen LogP contribution is -2.56. The van der Waals surface area contributed by atoms with E-state index >= 15 is 0 Å². The van der Waals surface area contributed by atoms with Crippen molar-refractivity contribution in [2.24, 2.45) is 0 Å². The molecule has 2 aromatic rings. The van der Waals surface area contributed by atoms with E-state index < -0.39 is 82.2 Å². The second-order valence-corrected chi connectivity index (χ2v) is 10.7. The van der Waals surface area contributed by atoms with Gasteiger partial charge in [-0.15, -0.1) is 0 Å². The molecule has 4 rings (SSSR count). The number of ether oxygens (including phenoxy) is 3. The number of likely N-dealkylation sites (N-methyl/N-ethyl adjacent to an activating group) is 1. The molecule has 0 aliphatic carbocycles. The lowest BCUT2D eigenvalue weighted by atomic mass is 9.99. The van der Waals surface area contributed by atoms with Crippen LogP contribution in [0.25, 0.3) is 0 Å². The molecule has 0 unspecified atom stereocenters. The van der Waals surface area contributed by atoms with Gasteiger partial charge in [0.1, 0.15) is 29.8 Å². The number of aliphatic hydroxyl groups excluding tert-OH is 1. The van der Waals surface area contributed by atoms with E-state index in [-0.39, 0.29) is 22.6 Å². The first-order valence-corrected chi connectivity index (χ1v) is 13.3. The predicted molar refractivity (Wildman–Crippen MR) is 153 cm³/mol. The minimum Gasteiger partial charge on any atom is -0.504 e. The Kier molecular flexibility index (Phi) is 10.4. The minimum absolute atomic E-state index is 0.0655. The maximum Gasteiger partial charge on any atom is 0.408 e. The number of hydrogen-bond donors (Lipinski definition) is 6. The van der Waals surface area contributed by atoms with Gasteiger partial charge in [-0.25, -0.2) is 4.79 Å². The Labute approximate surface area is 256 Å². The van der Waals surface area contributed by atoms with Gasteiger partial charge in [-0.1, -0.05) is 6.07 Å². The number of nitro benzene ring substituents is 1. The quantitative estimate of drug-likeness (QED) is 0.203. The van der Waals surface area contributed by atoms with Gasteiger partial charge in [0, 0.05) is 13.1 Å². The van der Waals surface area contributed by atoms with Crippen LogP contribution >= 0.6 is 0 Å². The summed E-state index contributed by atoms with van der Waals surface area (Å²) in [5.74, 6) is -4.48. The van der Waals surface area contributed by atoms with Crippen LogP contribution in [-0.2, 0) is 19.1 Å². The fourth-order valence-corrected chi connectivity index (χ4v) is 4.29. The van der Waals surface area contributed by atoms with Crippen molar-refractivity contribution in [3.8, 4) is 29.1 Å². The number of carbonyl (C=O) groups excluding carboxylic acids is 4. The molecule has 17 nitrogen and oxygen atoms in total. The molecule has 0 radical (unpaired) electrons.